The molecule has 0 saturated carbocycles. The van der Waals surface area contributed by atoms with Crippen LogP contribution in [0.25, 0.3) is 5.65 Å². The molecule has 0 spiro atoms. The standard InChI is InChI=1S/C10H6ClF3N2O2/c1-18-5-3-2-4-16-8(5)15-7(11)6(9(16)17)10(12,13)14/h2-4H,1H3. The SMILES string of the molecule is COc1cccn2c(=O)c(C(F)(F)F)c(Cl)nc12. The molecule has 18 heavy (non-hydrogen) atoms. The van der Waals surface area contributed by atoms with Crippen molar-refractivity contribution in [2.24, 2.45) is 0 Å². The maximum Gasteiger partial charge on any atom is 0.424 e. The smallest absolute Gasteiger partial charge is 0.424 e. The number of alkyl halides is 3. The minimum Gasteiger partial charge on any atom is -0.493 e. The maximum atomic E-state index is 12.7. The van der Waals surface area contributed by atoms with E-state index >= 15 is 0 Å². The van der Waals surface area contributed by atoms with E-state index in [2.05, 4.69) is 4.98 Å². The molecule has 0 aliphatic heterocycles. The number of methoxy groups -OCH3 is 1. The normalized spacial score (nSPS) is 11.8. The number of ether oxygens (including phenoxy) is 1. The molecule has 0 radical (unpaired) electrons. The first-order chi connectivity index (χ1) is 8.36. The third-order valence-corrected chi connectivity index (χ3v) is 2.55. The zero-order valence-corrected chi connectivity index (χ0v) is 9.71. The Morgan fingerprint density at radius 2 is 2.11 bits per heavy atom. The number of halogens is 4. The van der Waals surface area contributed by atoms with Crippen molar-refractivity contribution in [2.45, 2.75) is 6.18 Å². The minimum atomic E-state index is -4.86. The topological polar surface area (TPSA) is 43.6 Å². The van der Waals surface area contributed by atoms with Crippen LogP contribution in [0.5, 0.6) is 5.75 Å². The van der Waals surface area contributed by atoms with E-state index in [1.54, 1.807) is 0 Å². The average Bonchev–Trinajstić information content (AvgIpc) is 2.26. The van der Waals surface area contributed by atoms with Crippen molar-refractivity contribution in [3.05, 3.63) is 39.4 Å². The van der Waals surface area contributed by atoms with Gasteiger partial charge in [-0.1, -0.05) is 11.6 Å². The van der Waals surface area contributed by atoms with E-state index < -0.39 is 22.5 Å². The van der Waals surface area contributed by atoms with Crippen molar-refractivity contribution in [3.8, 4) is 5.75 Å². The van der Waals surface area contributed by atoms with Gasteiger partial charge in [0.15, 0.2) is 17.0 Å². The van der Waals surface area contributed by atoms with Gasteiger partial charge in [0, 0.05) is 6.20 Å². The summed E-state index contributed by atoms with van der Waals surface area (Å²) < 4.78 is 43.6. The largest absolute Gasteiger partial charge is 0.493 e. The van der Waals surface area contributed by atoms with Crippen molar-refractivity contribution < 1.29 is 17.9 Å². The van der Waals surface area contributed by atoms with Gasteiger partial charge in [-0.3, -0.25) is 9.20 Å². The van der Waals surface area contributed by atoms with Gasteiger partial charge in [0.25, 0.3) is 5.56 Å². The second-order valence-electron chi connectivity index (χ2n) is 3.35. The molecule has 2 aromatic heterocycles. The minimum absolute atomic E-state index is 0.0667. The van der Waals surface area contributed by atoms with Crippen LogP contribution in [0.15, 0.2) is 23.1 Å². The lowest BCUT2D eigenvalue weighted by Crippen LogP contribution is -2.26. The van der Waals surface area contributed by atoms with Crippen LogP contribution in [0.1, 0.15) is 5.56 Å². The lowest BCUT2D eigenvalue weighted by atomic mass is 10.3. The molecule has 0 amide bonds. The Labute approximate surface area is 104 Å². The first-order valence-electron chi connectivity index (χ1n) is 4.68. The van der Waals surface area contributed by atoms with E-state index in [9.17, 15) is 18.0 Å². The molecule has 4 nitrogen and oxygen atoms in total. The van der Waals surface area contributed by atoms with Crippen LogP contribution >= 0.6 is 11.6 Å². The summed E-state index contributed by atoms with van der Waals surface area (Å²) >= 11 is 5.42. The molecule has 0 aliphatic rings. The number of hydrogen-bond acceptors (Lipinski definition) is 3. The highest BCUT2D eigenvalue weighted by Gasteiger charge is 2.38. The molecular weight excluding hydrogens is 273 g/mol. The van der Waals surface area contributed by atoms with Gasteiger partial charge in [0.2, 0.25) is 0 Å². The Kier molecular flexibility index (Phi) is 2.94. The van der Waals surface area contributed by atoms with Crippen LogP contribution in [0.4, 0.5) is 13.2 Å². The molecule has 0 fully saturated rings. The van der Waals surface area contributed by atoms with Gasteiger partial charge in [0.1, 0.15) is 5.15 Å². The number of hydrogen-bond donors (Lipinski definition) is 0. The van der Waals surface area contributed by atoms with Gasteiger partial charge in [-0.05, 0) is 12.1 Å². The summed E-state index contributed by atoms with van der Waals surface area (Å²) in [6.45, 7) is 0. The predicted molar refractivity (Wildman–Crippen MR) is 58.0 cm³/mol. The number of pyridine rings is 1. The molecule has 2 rings (SSSR count). The molecule has 0 bridgehead atoms. The highest BCUT2D eigenvalue weighted by molar-refractivity contribution is 6.30. The monoisotopic (exact) mass is 278 g/mol. The number of aromatic nitrogens is 2. The second-order valence-corrected chi connectivity index (χ2v) is 3.71. The summed E-state index contributed by atoms with van der Waals surface area (Å²) in [5, 5.41) is -0.892. The molecule has 0 unspecified atom stereocenters. The fraction of sp³-hybridized carbons (Fsp3) is 0.200. The number of rotatable bonds is 1. The van der Waals surface area contributed by atoms with Gasteiger partial charge >= 0.3 is 6.18 Å². The van der Waals surface area contributed by atoms with E-state index in [1.165, 1.54) is 25.4 Å². The second kappa shape index (κ2) is 4.16. The van der Waals surface area contributed by atoms with Gasteiger partial charge in [-0.2, -0.15) is 13.2 Å². The Bertz CT molecular complexity index is 666. The van der Waals surface area contributed by atoms with Crippen molar-refractivity contribution in [2.75, 3.05) is 7.11 Å². The summed E-state index contributed by atoms with van der Waals surface area (Å²) in [5.74, 6) is 0.158. The number of fused-ring (bicyclic) bond motifs is 1. The quantitative estimate of drug-likeness (QED) is 0.752. The Hall–Kier alpha value is -1.76. The average molecular weight is 279 g/mol. The summed E-state index contributed by atoms with van der Waals surface area (Å²) in [5.41, 5.74) is -2.84. The maximum absolute atomic E-state index is 12.7. The molecule has 0 aromatic carbocycles. The fourth-order valence-electron chi connectivity index (χ4n) is 1.51. The summed E-state index contributed by atoms with van der Waals surface area (Å²) in [7, 11) is 1.31. The lowest BCUT2D eigenvalue weighted by Gasteiger charge is -2.11. The zero-order valence-electron chi connectivity index (χ0n) is 8.95. The van der Waals surface area contributed by atoms with Crippen LogP contribution in [-0.4, -0.2) is 16.5 Å². The van der Waals surface area contributed by atoms with E-state index in [-0.39, 0.29) is 11.4 Å². The Morgan fingerprint density at radius 1 is 1.44 bits per heavy atom. The van der Waals surface area contributed by atoms with Gasteiger partial charge in [-0.25, -0.2) is 4.98 Å². The third kappa shape index (κ3) is 1.90. The summed E-state index contributed by atoms with van der Waals surface area (Å²) in [6.07, 6.45) is -3.69. The first kappa shape index (κ1) is 12.7. The molecule has 0 aliphatic carbocycles. The van der Waals surface area contributed by atoms with E-state index in [0.717, 1.165) is 4.40 Å². The highest BCUT2D eigenvalue weighted by atomic mass is 35.5. The molecule has 0 N–H and O–H groups in total. The van der Waals surface area contributed by atoms with Crippen LogP contribution in [0.2, 0.25) is 5.15 Å². The van der Waals surface area contributed by atoms with Gasteiger partial charge in [-0.15, -0.1) is 0 Å². The van der Waals surface area contributed by atoms with Crippen LogP contribution in [0, 0.1) is 0 Å². The first-order valence-corrected chi connectivity index (χ1v) is 5.06. The molecule has 0 saturated heterocycles. The van der Waals surface area contributed by atoms with Crippen molar-refractivity contribution in [3.63, 3.8) is 0 Å². The van der Waals surface area contributed by atoms with Crippen LogP contribution < -0.4 is 10.3 Å². The van der Waals surface area contributed by atoms with Gasteiger partial charge in [0.05, 0.1) is 7.11 Å². The molecular formula is C10H6ClF3N2O2. The third-order valence-electron chi connectivity index (χ3n) is 2.28. The predicted octanol–water partition coefficient (Wildman–Crippen LogP) is 2.38. The van der Waals surface area contributed by atoms with Crippen molar-refractivity contribution in [1.82, 2.24) is 9.38 Å². The number of nitrogens with zero attached hydrogens (tertiary/aromatic N) is 2. The molecule has 8 heteroatoms. The molecule has 96 valence electrons. The van der Waals surface area contributed by atoms with Crippen LogP contribution in [0.3, 0.4) is 0 Å². The Balaban J connectivity index is 2.93. The zero-order chi connectivity index (χ0) is 13.5. The van der Waals surface area contributed by atoms with Crippen LogP contribution in [-0.2, 0) is 6.18 Å². The van der Waals surface area contributed by atoms with Crippen molar-refractivity contribution in [1.29, 1.82) is 0 Å². The molecule has 2 aromatic rings. The Morgan fingerprint density at radius 3 is 2.67 bits per heavy atom. The van der Waals surface area contributed by atoms with E-state index in [1.807, 2.05) is 0 Å². The van der Waals surface area contributed by atoms with Gasteiger partial charge < -0.3 is 4.74 Å². The van der Waals surface area contributed by atoms with E-state index in [0.29, 0.717) is 0 Å². The highest BCUT2D eigenvalue weighted by Crippen LogP contribution is 2.31. The fourth-order valence-corrected chi connectivity index (χ4v) is 1.78. The molecule has 2 heterocycles. The molecule has 0 atom stereocenters. The summed E-state index contributed by atoms with van der Waals surface area (Å²) in [4.78, 5) is 15.3. The lowest BCUT2D eigenvalue weighted by molar-refractivity contribution is -0.138. The summed E-state index contributed by atoms with van der Waals surface area (Å²) in [6, 6.07) is 2.84. The van der Waals surface area contributed by atoms with Crippen molar-refractivity contribution >= 4 is 17.2 Å². The van der Waals surface area contributed by atoms with E-state index in [4.69, 9.17) is 16.3 Å².